The van der Waals surface area contributed by atoms with Gasteiger partial charge in [-0.15, -0.1) is 13.2 Å². The Morgan fingerprint density at radius 3 is 2.38 bits per heavy atom. The second-order valence-electron chi connectivity index (χ2n) is 8.41. The number of aromatic nitrogens is 1. The summed E-state index contributed by atoms with van der Waals surface area (Å²) in [5, 5.41) is 1.06. The van der Waals surface area contributed by atoms with Gasteiger partial charge in [-0.25, -0.2) is 0 Å². The van der Waals surface area contributed by atoms with Gasteiger partial charge in [0.1, 0.15) is 0 Å². The fourth-order valence-corrected chi connectivity index (χ4v) is 4.99. The van der Waals surface area contributed by atoms with Crippen molar-refractivity contribution in [3.63, 3.8) is 0 Å². The highest BCUT2D eigenvalue weighted by atomic mass is 32.2. The van der Waals surface area contributed by atoms with E-state index in [0.717, 1.165) is 21.5 Å². The highest BCUT2D eigenvalue weighted by Crippen LogP contribution is 2.33. The number of carbonyl (C=O) groups excluding carboxylic acids is 1. The van der Waals surface area contributed by atoms with Crippen molar-refractivity contribution in [1.82, 2.24) is 9.88 Å². The van der Waals surface area contributed by atoms with Crippen molar-refractivity contribution in [1.29, 1.82) is 0 Å². The van der Waals surface area contributed by atoms with Gasteiger partial charge in [-0.1, -0.05) is 30.3 Å². The summed E-state index contributed by atoms with van der Waals surface area (Å²) in [4.78, 5) is 22.0. The monoisotopic (exact) mass is 524 g/mol. The van der Waals surface area contributed by atoms with E-state index in [4.69, 9.17) is 0 Å². The van der Waals surface area contributed by atoms with Crippen LogP contribution in [-0.2, 0) is 0 Å². The number of benzene rings is 3. The van der Waals surface area contributed by atoms with E-state index in [9.17, 15) is 18.0 Å². The van der Waals surface area contributed by atoms with Crippen LogP contribution in [-0.4, -0.2) is 48.3 Å². The fraction of sp³-hybridized carbons (Fsp3) is 0.185. The van der Waals surface area contributed by atoms with E-state index in [-0.39, 0.29) is 11.7 Å². The number of fused-ring (bicyclic) bond motifs is 1. The molecule has 10 heteroatoms. The van der Waals surface area contributed by atoms with Gasteiger partial charge in [0, 0.05) is 49.0 Å². The van der Waals surface area contributed by atoms with Crippen molar-refractivity contribution >= 4 is 40.1 Å². The number of piperazine rings is 1. The SMILES string of the molecule is O=C(c1ccc(NSc2cccc3cccnc23)cc1)N1CCN(c2ccccc2OC(F)(F)F)CC1. The highest BCUT2D eigenvalue weighted by Gasteiger charge is 2.33. The maximum absolute atomic E-state index is 13.0. The Balaban J connectivity index is 1.18. The summed E-state index contributed by atoms with van der Waals surface area (Å²) >= 11 is 1.45. The lowest BCUT2D eigenvalue weighted by Crippen LogP contribution is -2.49. The Hall–Kier alpha value is -3.92. The van der Waals surface area contributed by atoms with Crippen molar-refractivity contribution in [2.45, 2.75) is 11.3 Å². The third-order valence-corrected chi connectivity index (χ3v) is 6.89. The predicted octanol–water partition coefficient (Wildman–Crippen LogP) is 6.22. The number of pyridine rings is 1. The number of carbonyl (C=O) groups is 1. The molecular weight excluding hydrogens is 501 g/mol. The third kappa shape index (κ3) is 5.91. The van der Waals surface area contributed by atoms with Gasteiger partial charge in [0.05, 0.1) is 16.1 Å². The first-order valence-corrected chi connectivity index (χ1v) is 12.4. The summed E-state index contributed by atoms with van der Waals surface area (Å²) in [6.45, 7) is 1.59. The lowest BCUT2D eigenvalue weighted by atomic mass is 10.1. The first-order chi connectivity index (χ1) is 17.9. The van der Waals surface area contributed by atoms with Gasteiger partial charge >= 0.3 is 6.36 Å². The molecule has 0 atom stereocenters. The van der Waals surface area contributed by atoms with E-state index < -0.39 is 6.36 Å². The first kappa shape index (κ1) is 24.8. The number of ether oxygens (including phenoxy) is 1. The van der Waals surface area contributed by atoms with Crippen LogP contribution in [0.3, 0.4) is 0 Å². The Kier molecular flexibility index (Phi) is 7.09. The summed E-state index contributed by atoms with van der Waals surface area (Å²) < 4.78 is 45.8. The number of hydrogen-bond acceptors (Lipinski definition) is 6. The molecule has 0 spiro atoms. The van der Waals surface area contributed by atoms with Crippen molar-refractivity contribution in [3.8, 4) is 5.75 Å². The zero-order valence-electron chi connectivity index (χ0n) is 19.6. The summed E-state index contributed by atoms with van der Waals surface area (Å²) in [5.74, 6) is -0.355. The molecule has 1 aliphatic rings. The van der Waals surface area contributed by atoms with E-state index >= 15 is 0 Å². The molecule has 1 N–H and O–H groups in total. The normalized spacial score (nSPS) is 14.0. The summed E-state index contributed by atoms with van der Waals surface area (Å²) in [7, 11) is 0. The number of anilines is 2. The number of rotatable bonds is 6. The molecule has 4 aromatic rings. The van der Waals surface area contributed by atoms with Gasteiger partial charge in [0.2, 0.25) is 0 Å². The standard InChI is InChI=1S/C27H23F3N4O2S/c28-27(29,30)36-23-8-2-1-7-22(23)33-15-17-34(18-16-33)26(35)20-10-12-21(13-11-20)32-37-24-9-3-5-19-6-4-14-31-25(19)24/h1-14,32H,15-18H2. The van der Waals surface area contributed by atoms with E-state index in [1.54, 1.807) is 40.3 Å². The molecule has 1 aromatic heterocycles. The second-order valence-corrected chi connectivity index (χ2v) is 9.26. The van der Waals surface area contributed by atoms with Crippen LogP contribution in [0.15, 0.2) is 90.0 Å². The lowest BCUT2D eigenvalue weighted by Gasteiger charge is -2.36. The average molecular weight is 525 g/mol. The molecule has 1 amide bonds. The zero-order valence-corrected chi connectivity index (χ0v) is 20.4. The van der Waals surface area contributed by atoms with Gasteiger partial charge in [-0.3, -0.25) is 9.78 Å². The van der Waals surface area contributed by atoms with Gasteiger partial charge in [-0.2, -0.15) is 0 Å². The Morgan fingerprint density at radius 2 is 1.62 bits per heavy atom. The van der Waals surface area contributed by atoms with Crippen LogP contribution in [0, 0.1) is 0 Å². The highest BCUT2D eigenvalue weighted by molar-refractivity contribution is 8.00. The molecule has 1 aliphatic heterocycles. The smallest absolute Gasteiger partial charge is 0.404 e. The Bertz CT molecular complexity index is 1390. The number of nitrogens with one attached hydrogen (secondary N) is 1. The molecule has 3 aromatic carbocycles. The molecule has 0 bridgehead atoms. The third-order valence-electron chi connectivity index (χ3n) is 6.00. The molecule has 0 unspecified atom stereocenters. The number of para-hydroxylation sites is 3. The molecular formula is C27H23F3N4O2S. The molecule has 1 fully saturated rings. The second kappa shape index (κ2) is 10.6. The minimum atomic E-state index is -4.76. The largest absolute Gasteiger partial charge is 0.573 e. The van der Waals surface area contributed by atoms with Crippen LogP contribution in [0.4, 0.5) is 24.5 Å². The van der Waals surface area contributed by atoms with E-state index in [1.165, 1.54) is 24.1 Å². The predicted molar refractivity (Wildman–Crippen MR) is 139 cm³/mol. The minimum absolute atomic E-state index is 0.114. The maximum atomic E-state index is 13.0. The van der Waals surface area contributed by atoms with Gasteiger partial charge in [-0.05, 0) is 60.5 Å². The van der Waals surface area contributed by atoms with Crippen LogP contribution in [0.2, 0.25) is 0 Å². The topological polar surface area (TPSA) is 57.7 Å². The summed E-state index contributed by atoms with van der Waals surface area (Å²) in [6, 6.07) is 23.2. The molecule has 1 saturated heterocycles. The van der Waals surface area contributed by atoms with Gasteiger partial charge in [0.15, 0.2) is 5.75 Å². The summed E-state index contributed by atoms with van der Waals surface area (Å²) in [5.41, 5.74) is 2.68. The number of nitrogens with zero attached hydrogens (tertiary/aromatic N) is 3. The maximum Gasteiger partial charge on any atom is 0.573 e. The molecule has 37 heavy (non-hydrogen) atoms. The lowest BCUT2D eigenvalue weighted by molar-refractivity contribution is -0.274. The molecule has 2 heterocycles. The molecule has 0 aliphatic carbocycles. The van der Waals surface area contributed by atoms with Crippen molar-refractivity contribution in [2.75, 3.05) is 35.8 Å². The molecule has 6 nitrogen and oxygen atoms in total. The molecule has 0 saturated carbocycles. The van der Waals surface area contributed by atoms with Crippen molar-refractivity contribution in [3.05, 3.63) is 90.6 Å². The van der Waals surface area contributed by atoms with Gasteiger partial charge < -0.3 is 19.3 Å². The van der Waals surface area contributed by atoms with Crippen LogP contribution in [0.1, 0.15) is 10.4 Å². The van der Waals surface area contributed by atoms with Crippen LogP contribution in [0.5, 0.6) is 5.75 Å². The summed E-state index contributed by atoms with van der Waals surface area (Å²) in [6.07, 6.45) is -3.00. The average Bonchev–Trinajstić information content (AvgIpc) is 2.91. The van der Waals surface area contributed by atoms with Crippen LogP contribution >= 0.6 is 11.9 Å². The van der Waals surface area contributed by atoms with Crippen LogP contribution in [0.25, 0.3) is 10.9 Å². The quantitative estimate of drug-likeness (QED) is 0.303. The van der Waals surface area contributed by atoms with Crippen molar-refractivity contribution < 1.29 is 22.7 Å². The minimum Gasteiger partial charge on any atom is -0.404 e. The van der Waals surface area contributed by atoms with Gasteiger partial charge in [0.25, 0.3) is 5.91 Å². The zero-order chi connectivity index (χ0) is 25.8. The van der Waals surface area contributed by atoms with Crippen LogP contribution < -0.4 is 14.4 Å². The number of halogens is 3. The van der Waals surface area contributed by atoms with E-state index in [0.29, 0.717) is 37.4 Å². The van der Waals surface area contributed by atoms with Crippen molar-refractivity contribution in [2.24, 2.45) is 0 Å². The number of alkyl halides is 3. The first-order valence-electron chi connectivity index (χ1n) is 11.6. The van der Waals surface area contributed by atoms with E-state index in [2.05, 4.69) is 14.4 Å². The fourth-order valence-electron chi connectivity index (χ4n) is 4.22. The molecule has 0 radical (unpaired) electrons. The number of amides is 1. The van der Waals surface area contributed by atoms with E-state index in [1.807, 2.05) is 42.5 Å². The Labute approximate surface area is 216 Å². The number of hydrogen-bond donors (Lipinski definition) is 1. The molecule has 190 valence electrons. The molecule has 5 rings (SSSR count). The Morgan fingerprint density at radius 1 is 0.892 bits per heavy atom.